The number of rotatable bonds is 7. The zero-order chi connectivity index (χ0) is 25.4. The van der Waals surface area contributed by atoms with E-state index in [0.717, 1.165) is 55.8 Å². The van der Waals surface area contributed by atoms with Gasteiger partial charge in [-0.2, -0.15) is 5.21 Å². The Balaban J connectivity index is 1.20. The number of amides is 1. The Kier molecular flexibility index (Phi) is 6.15. The van der Waals surface area contributed by atoms with Crippen LogP contribution < -0.4 is 15.8 Å². The van der Waals surface area contributed by atoms with Gasteiger partial charge in [-0.3, -0.25) is 14.2 Å². The highest BCUT2D eigenvalue weighted by molar-refractivity contribution is 5.96. The minimum Gasteiger partial charge on any atom is -0.371 e. The van der Waals surface area contributed by atoms with Crippen LogP contribution in [-0.2, 0) is 17.8 Å². The first-order valence-electron chi connectivity index (χ1n) is 13.0. The first kappa shape index (κ1) is 23.3. The first-order chi connectivity index (χ1) is 18.1. The summed E-state index contributed by atoms with van der Waals surface area (Å²) in [6.45, 7) is 4.44. The van der Waals surface area contributed by atoms with E-state index >= 15 is 0 Å². The van der Waals surface area contributed by atoms with Gasteiger partial charge < -0.3 is 10.2 Å². The van der Waals surface area contributed by atoms with E-state index in [1.807, 2.05) is 41.8 Å². The van der Waals surface area contributed by atoms with Gasteiger partial charge in [-0.1, -0.05) is 19.1 Å². The van der Waals surface area contributed by atoms with Crippen LogP contribution in [0.4, 0.5) is 11.4 Å². The number of H-pyrrole nitrogens is 1. The van der Waals surface area contributed by atoms with E-state index in [1.54, 1.807) is 6.07 Å². The quantitative estimate of drug-likeness (QED) is 0.400. The van der Waals surface area contributed by atoms with Crippen LogP contribution in [-0.4, -0.2) is 49.2 Å². The van der Waals surface area contributed by atoms with Gasteiger partial charge in [0.2, 0.25) is 11.7 Å². The molecule has 1 aliphatic heterocycles. The number of aromatic nitrogens is 6. The van der Waals surface area contributed by atoms with E-state index in [9.17, 15) is 9.59 Å². The molecule has 1 amide bonds. The maximum Gasteiger partial charge on any atom is 0.261 e. The molecule has 1 aliphatic carbocycles. The van der Waals surface area contributed by atoms with Gasteiger partial charge in [-0.25, -0.2) is 4.98 Å². The second-order valence-corrected chi connectivity index (χ2v) is 9.98. The molecule has 1 saturated heterocycles. The average Bonchev–Trinajstić information content (AvgIpc) is 3.65. The molecule has 2 N–H and O–H groups in total. The Morgan fingerprint density at radius 3 is 2.65 bits per heavy atom. The summed E-state index contributed by atoms with van der Waals surface area (Å²) < 4.78 is 1.85. The summed E-state index contributed by atoms with van der Waals surface area (Å²) in [6, 6.07) is 13.6. The monoisotopic (exact) mass is 498 g/mol. The number of fused-ring (bicyclic) bond motifs is 1. The van der Waals surface area contributed by atoms with E-state index in [0.29, 0.717) is 41.3 Å². The molecule has 10 heteroatoms. The van der Waals surface area contributed by atoms with Crippen LogP contribution in [0.5, 0.6) is 0 Å². The molecule has 3 heterocycles. The molecule has 0 spiro atoms. The maximum atomic E-state index is 13.6. The van der Waals surface area contributed by atoms with Crippen molar-refractivity contribution in [1.29, 1.82) is 0 Å². The molecule has 0 bridgehead atoms. The summed E-state index contributed by atoms with van der Waals surface area (Å²) in [5.74, 6) is 1.90. The standard InChI is InChI=1S/C27H30N8O2/c1-2-24-29-22-10-9-19(28-26(36)18-7-8-18)15-21(22)27(37)35(24)16-17-11-13-34(14-12-17)23-6-4-3-5-20(23)25-30-32-33-31-25/h3-6,9-10,15,17-18H,2,7-8,11-14,16H2,1H3,(H,28,36)(H,30,31,32,33). The van der Waals surface area contributed by atoms with Crippen molar-refractivity contribution in [2.75, 3.05) is 23.3 Å². The number of piperidine rings is 1. The van der Waals surface area contributed by atoms with Crippen molar-refractivity contribution in [2.24, 2.45) is 11.8 Å². The number of carbonyl (C=O) groups excluding carboxylic acids is 1. The molecular weight excluding hydrogens is 468 g/mol. The fraction of sp³-hybridized carbons (Fsp3) is 0.407. The Morgan fingerprint density at radius 1 is 1.11 bits per heavy atom. The predicted octanol–water partition coefficient (Wildman–Crippen LogP) is 3.40. The smallest absolute Gasteiger partial charge is 0.261 e. The number of tetrazole rings is 1. The molecule has 37 heavy (non-hydrogen) atoms. The van der Waals surface area contributed by atoms with Crippen LogP contribution in [0.2, 0.25) is 0 Å². The maximum absolute atomic E-state index is 13.6. The van der Waals surface area contributed by atoms with Crippen LogP contribution in [0.25, 0.3) is 22.3 Å². The average molecular weight is 499 g/mol. The highest BCUT2D eigenvalue weighted by Crippen LogP contribution is 2.32. The summed E-state index contributed by atoms with van der Waals surface area (Å²) in [4.78, 5) is 33.0. The van der Waals surface area contributed by atoms with Gasteiger partial charge in [-0.05, 0) is 67.1 Å². The van der Waals surface area contributed by atoms with Gasteiger partial charge in [0.25, 0.3) is 5.56 Å². The molecular formula is C27H30N8O2. The van der Waals surface area contributed by atoms with E-state index in [2.05, 4.69) is 36.9 Å². The number of nitrogens with one attached hydrogen (secondary N) is 2. The van der Waals surface area contributed by atoms with Crippen LogP contribution in [0.15, 0.2) is 47.3 Å². The molecule has 2 aromatic heterocycles. The molecule has 0 atom stereocenters. The predicted molar refractivity (Wildman–Crippen MR) is 141 cm³/mol. The molecule has 4 aromatic rings. The molecule has 6 rings (SSSR count). The van der Waals surface area contributed by atoms with Gasteiger partial charge >= 0.3 is 0 Å². The zero-order valence-corrected chi connectivity index (χ0v) is 20.9. The van der Waals surface area contributed by atoms with Gasteiger partial charge in [0.05, 0.1) is 10.9 Å². The summed E-state index contributed by atoms with van der Waals surface area (Å²) in [7, 11) is 0. The Bertz CT molecular complexity index is 1480. The SMILES string of the molecule is CCc1nc2ccc(NC(=O)C3CC3)cc2c(=O)n1CC1CCN(c2ccccc2-c2nn[nH]n2)CC1. The largest absolute Gasteiger partial charge is 0.371 e. The lowest BCUT2D eigenvalue weighted by atomic mass is 9.95. The van der Waals surface area contributed by atoms with Crippen molar-refractivity contribution in [1.82, 2.24) is 30.2 Å². The number of anilines is 2. The normalized spacial score (nSPS) is 16.3. The molecule has 10 nitrogen and oxygen atoms in total. The first-order valence-corrected chi connectivity index (χ1v) is 13.0. The van der Waals surface area contributed by atoms with Gasteiger partial charge in [0.15, 0.2) is 0 Å². The van der Waals surface area contributed by atoms with Crippen LogP contribution in [0.1, 0.15) is 38.4 Å². The van der Waals surface area contributed by atoms with Crippen molar-refractivity contribution in [2.45, 2.75) is 45.6 Å². The van der Waals surface area contributed by atoms with Gasteiger partial charge in [0, 0.05) is 48.9 Å². The number of benzene rings is 2. The second kappa shape index (κ2) is 9.76. The number of aromatic amines is 1. The molecule has 2 fully saturated rings. The van der Waals surface area contributed by atoms with Crippen LogP contribution in [0.3, 0.4) is 0 Å². The number of nitrogens with zero attached hydrogens (tertiary/aromatic N) is 6. The lowest BCUT2D eigenvalue weighted by molar-refractivity contribution is -0.117. The van der Waals surface area contributed by atoms with E-state index in [1.165, 1.54) is 0 Å². The number of aryl methyl sites for hydroxylation is 1. The topological polar surface area (TPSA) is 122 Å². The van der Waals surface area contributed by atoms with E-state index in [4.69, 9.17) is 4.98 Å². The third-order valence-electron chi connectivity index (χ3n) is 7.45. The van der Waals surface area contributed by atoms with Crippen LogP contribution in [0, 0.1) is 11.8 Å². The number of para-hydroxylation sites is 1. The second-order valence-electron chi connectivity index (χ2n) is 9.98. The zero-order valence-electron chi connectivity index (χ0n) is 20.9. The molecule has 1 saturated carbocycles. The summed E-state index contributed by atoms with van der Waals surface area (Å²) in [5, 5.41) is 18.1. The Labute approximate surface area is 214 Å². The lowest BCUT2D eigenvalue weighted by Gasteiger charge is -2.35. The van der Waals surface area contributed by atoms with Crippen molar-refractivity contribution < 1.29 is 4.79 Å². The molecule has 190 valence electrons. The minimum absolute atomic E-state index is 0.0329. The van der Waals surface area contributed by atoms with Crippen molar-refractivity contribution in [3.63, 3.8) is 0 Å². The summed E-state index contributed by atoms with van der Waals surface area (Å²) in [5.41, 5.74) is 3.36. The highest BCUT2D eigenvalue weighted by atomic mass is 16.2. The summed E-state index contributed by atoms with van der Waals surface area (Å²) in [6.07, 6.45) is 4.49. The third kappa shape index (κ3) is 4.71. The van der Waals surface area contributed by atoms with Crippen molar-refractivity contribution >= 4 is 28.2 Å². The molecule has 2 aromatic carbocycles. The van der Waals surface area contributed by atoms with Crippen molar-refractivity contribution in [3.05, 3.63) is 58.6 Å². The number of hydrogen-bond donors (Lipinski definition) is 2. The highest BCUT2D eigenvalue weighted by Gasteiger charge is 2.29. The Hall–Kier alpha value is -4.08. The fourth-order valence-electron chi connectivity index (χ4n) is 5.22. The van der Waals surface area contributed by atoms with E-state index < -0.39 is 0 Å². The Morgan fingerprint density at radius 2 is 1.92 bits per heavy atom. The molecule has 0 radical (unpaired) electrons. The molecule has 0 unspecified atom stereocenters. The molecule has 2 aliphatic rings. The fourth-order valence-corrected chi connectivity index (χ4v) is 5.22. The third-order valence-corrected chi connectivity index (χ3v) is 7.45. The van der Waals surface area contributed by atoms with Crippen LogP contribution >= 0.6 is 0 Å². The number of carbonyl (C=O) groups is 1. The van der Waals surface area contributed by atoms with Gasteiger partial charge in [-0.15, -0.1) is 10.2 Å². The minimum atomic E-state index is -0.0331. The van der Waals surface area contributed by atoms with E-state index in [-0.39, 0.29) is 17.4 Å². The number of hydrogen-bond acceptors (Lipinski definition) is 7. The lowest BCUT2D eigenvalue weighted by Crippen LogP contribution is -2.37. The van der Waals surface area contributed by atoms with Crippen molar-refractivity contribution in [3.8, 4) is 11.4 Å². The summed E-state index contributed by atoms with van der Waals surface area (Å²) >= 11 is 0. The van der Waals surface area contributed by atoms with Gasteiger partial charge in [0.1, 0.15) is 5.82 Å².